The van der Waals surface area contributed by atoms with E-state index in [9.17, 15) is 0 Å². The maximum atomic E-state index is 4.94. The molecule has 1 rings (SSSR count). The normalized spacial score (nSPS) is 22.6. The lowest BCUT2D eigenvalue weighted by molar-refractivity contribution is 0.410. The summed E-state index contributed by atoms with van der Waals surface area (Å²) in [4.78, 5) is 0. The van der Waals surface area contributed by atoms with Gasteiger partial charge in [-0.15, -0.1) is 11.8 Å². The Morgan fingerprint density at radius 2 is 2.57 bits per heavy atom. The fourth-order valence-corrected chi connectivity index (χ4v) is 1.96. The van der Waals surface area contributed by atoms with E-state index < -0.39 is 0 Å². The van der Waals surface area contributed by atoms with E-state index in [1.165, 1.54) is 12.0 Å². The van der Waals surface area contributed by atoms with Gasteiger partial charge in [-0.3, -0.25) is 0 Å². The number of hydrogen-bond donors (Lipinski definition) is 0. The number of thiocarbonyl (C=S) groups is 1. The van der Waals surface area contributed by atoms with Crippen molar-refractivity contribution >= 4 is 39.6 Å². The first kappa shape index (κ1) is 5.88. The molecule has 1 aliphatic heterocycles. The van der Waals surface area contributed by atoms with Gasteiger partial charge in [-0.25, -0.2) is 0 Å². The zero-order valence-corrected chi connectivity index (χ0v) is 6.00. The van der Waals surface area contributed by atoms with Gasteiger partial charge in [-0.05, 0) is 0 Å². The third-order valence-electron chi connectivity index (χ3n) is 0.514. The van der Waals surface area contributed by atoms with Gasteiger partial charge in [0.1, 0.15) is 3.53 Å². The third kappa shape index (κ3) is 1.99. The number of hydrogen-bond acceptors (Lipinski definition) is 4. The van der Waals surface area contributed by atoms with E-state index in [1.54, 1.807) is 11.8 Å². The van der Waals surface area contributed by atoms with E-state index in [1.807, 2.05) is 0 Å². The lowest BCUT2D eigenvalue weighted by atomic mass is 10.9. The first-order chi connectivity index (χ1) is 3.39. The molecule has 0 amide bonds. The van der Waals surface area contributed by atoms with E-state index in [0.29, 0.717) is 0 Å². The van der Waals surface area contributed by atoms with Crippen LogP contribution in [0.5, 0.6) is 0 Å². The van der Waals surface area contributed by atoms with Crippen LogP contribution in [0, 0.1) is 0 Å². The van der Waals surface area contributed by atoms with Crippen molar-refractivity contribution in [1.29, 1.82) is 0 Å². The molecule has 0 aromatic carbocycles. The summed E-state index contributed by atoms with van der Waals surface area (Å²) in [5, 5.41) is 0. The van der Waals surface area contributed by atoms with Crippen molar-refractivity contribution in [2.45, 2.75) is 0 Å². The summed E-state index contributed by atoms with van der Waals surface area (Å²) in [6, 6.07) is 0. The topological polar surface area (TPSA) is 9.23 Å². The van der Waals surface area contributed by atoms with Gasteiger partial charge in [0.2, 0.25) is 0 Å². The Bertz CT molecular complexity index is 74.2. The van der Waals surface area contributed by atoms with Crippen molar-refractivity contribution in [2.24, 2.45) is 0 Å². The molecule has 7 heavy (non-hydrogen) atoms. The van der Waals surface area contributed by atoms with Gasteiger partial charge in [0.05, 0.1) is 6.61 Å². The van der Waals surface area contributed by atoms with Gasteiger partial charge in [0.25, 0.3) is 0 Å². The standard InChI is InChI=1S/C3H4OS3/c5-3-6-2-1-4-7-3/h1-2H2. The molecule has 0 saturated carbocycles. The van der Waals surface area contributed by atoms with Crippen LogP contribution in [0.2, 0.25) is 0 Å². The summed E-state index contributed by atoms with van der Waals surface area (Å²) >= 11 is 7.81. The molecule has 0 atom stereocenters. The van der Waals surface area contributed by atoms with E-state index in [4.69, 9.17) is 16.4 Å². The van der Waals surface area contributed by atoms with Crippen LogP contribution in [-0.2, 0) is 4.18 Å². The average molecular weight is 152 g/mol. The van der Waals surface area contributed by atoms with E-state index in [0.717, 1.165) is 15.9 Å². The summed E-state index contributed by atoms with van der Waals surface area (Å²) in [5.41, 5.74) is 0. The molecule has 1 aliphatic rings. The van der Waals surface area contributed by atoms with Crippen molar-refractivity contribution in [1.82, 2.24) is 0 Å². The zero-order chi connectivity index (χ0) is 5.11. The summed E-state index contributed by atoms with van der Waals surface area (Å²) in [6.07, 6.45) is 0. The van der Waals surface area contributed by atoms with Crippen LogP contribution >= 0.6 is 36.0 Å². The second-order valence-corrected chi connectivity index (χ2v) is 4.10. The van der Waals surface area contributed by atoms with Gasteiger partial charge < -0.3 is 4.18 Å². The van der Waals surface area contributed by atoms with Crippen LogP contribution in [0.25, 0.3) is 0 Å². The molecular formula is C3H4OS3. The average Bonchev–Trinajstić information content (AvgIpc) is 1.69. The Labute approximate surface area is 56.4 Å². The van der Waals surface area contributed by atoms with Crippen molar-refractivity contribution in [2.75, 3.05) is 12.4 Å². The van der Waals surface area contributed by atoms with Gasteiger partial charge in [0, 0.05) is 17.8 Å². The monoisotopic (exact) mass is 152 g/mol. The van der Waals surface area contributed by atoms with Crippen molar-refractivity contribution in [3.63, 3.8) is 0 Å². The summed E-state index contributed by atoms with van der Waals surface area (Å²) in [7, 11) is 0. The van der Waals surface area contributed by atoms with E-state index in [-0.39, 0.29) is 0 Å². The Balaban J connectivity index is 2.25. The molecule has 4 heteroatoms. The molecule has 0 unspecified atom stereocenters. The first-order valence-corrected chi connectivity index (χ1v) is 3.99. The van der Waals surface area contributed by atoms with Crippen LogP contribution in [0.4, 0.5) is 0 Å². The van der Waals surface area contributed by atoms with Crippen molar-refractivity contribution in [3.8, 4) is 0 Å². The highest BCUT2D eigenvalue weighted by Gasteiger charge is 2.04. The SMILES string of the molecule is S=C1SCCOS1. The van der Waals surface area contributed by atoms with Gasteiger partial charge in [-0.2, -0.15) is 0 Å². The fraction of sp³-hybridized carbons (Fsp3) is 0.667. The predicted molar refractivity (Wildman–Crippen MR) is 38.6 cm³/mol. The van der Waals surface area contributed by atoms with Crippen LogP contribution < -0.4 is 0 Å². The minimum absolute atomic E-state index is 0.829. The fourth-order valence-electron chi connectivity index (χ4n) is 0.273. The molecule has 1 heterocycles. The predicted octanol–water partition coefficient (Wildman–Crippen LogP) is 1.68. The van der Waals surface area contributed by atoms with Crippen LogP contribution in [0.15, 0.2) is 0 Å². The molecule has 0 aromatic rings. The molecule has 0 bridgehead atoms. The summed E-state index contributed by atoms with van der Waals surface area (Å²) in [6.45, 7) is 0.829. The third-order valence-corrected chi connectivity index (χ3v) is 2.66. The molecule has 0 N–H and O–H groups in total. The molecule has 0 spiro atoms. The molecule has 40 valence electrons. The smallest absolute Gasteiger partial charge is 0.131 e. The molecule has 0 aliphatic carbocycles. The number of thioether (sulfide) groups is 1. The molecule has 1 fully saturated rings. The minimum atomic E-state index is 0.829. The van der Waals surface area contributed by atoms with E-state index >= 15 is 0 Å². The largest absolute Gasteiger partial charge is 0.308 e. The van der Waals surface area contributed by atoms with Crippen molar-refractivity contribution in [3.05, 3.63) is 0 Å². The lowest BCUT2D eigenvalue weighted by Crippen LogP contribution is -2.00. The molecule has 0 aromatic heterocycles. The highest BCUT2D eigenvalue weighted by atomic mass is 32.2. The Kier molecular flexibility index (Phi) is 2.45. The maximum Gasteiger partial charge on any atom is 0.131 e. The quantitative estimate of drug-likeness (QED) is 0.385. The zero-order valence-electron chi connectivity index (χ0n) is 3.55. The molecule has 1 nitrogen and oxygen atoms in total. The maximum absolute atomic E-state index is 4.94. The highest BCUT2D eigenvalue weighted by molar-refractivity contribution is 8.46. The summed E-state index contributed by atoms with van der Waals surface area (Å²) in [5.74, 6) is 1.02. The molecular weight excluding hydrogens is 148 g/mol. The highest BCUT2D eigenvalue weighted by Crippen LogP contribution is 2.22. The Hall–Kier alpha value is 0.750. The molecule has 0 radical (unpaired) electrons. The molecule has 1 saturated heterocycles. The van der Waals surface area contributed by atoms with Gasteiger partial charge >= 0.3 is 0 Å². The van der Waals surface area contributed by atoms with Gasteiger partial charge in [0.15, 0.2) is 0 Å². The van der Waals surface area contributed by atoms with Gasteiger partial charge in [-0.1, -0.05) is 12.2 Å². The van der Waals surface area contributed by atoms with Crippen LogP contribution in [0.3, 0.4) is 0 Å². The lowest BCUT2D eigenvalue weighted by Gasteiger charge is -2.07. The number of rotatable bonds is 0. The Morgan fingerprint density at radius 1 is 1.71 bits per heavy atom. The second-order valence-electron chi connectivity index (χ2n) is 1.00. The minimum Gasteiger partial charge on any atom is -0.308 e. The van der Waals surface area contributed by atoms with Crippen molar-refractivity contribution < 1.29 is 4.18 Å². The summed E-state index contributed by atoms with van der Waals surface area (Å²) < 4.78 is 5.84. The second kappa shape index (κ2) is 2.91. The van der Waals surface area contributed by atoms with Crippen LogP contribution in [-0.4, -0.2) is 15.9 Å². The Morgan fingerprint density at radius 3 is 2.86 bits per heavy atom. The van der Waals surface area contributed by atoms with Crippen LogP contribution in [0.1, 0.15) is 0 Å². The first-order valence-electron chi connectivity index (χ1n) is 1.86. The van der Waals surface area contributed by atoms with E-state index in [2.05, 4.69) is 0 Å².